The molecule has 0 fully saturated rings. The van der Waals surface area contributed by atoms with Crippen LogP contribution in [-0.4, -0.2) is 39.9 Å². The van der Waals surface area contributed by atoms with E-state index in [2.05, 4.69) is 5.32 Å². The number of benzene rings is 2. The Hall–Kier alpha value is -2.91. The third-order valence-electron chi connectivity index (χ3n) is 4.58. The van der Waals surface area contributed by atoms with Crippen molar-refractivity contribution in [2.45, 2.75) is 24.2 Å². The van der Waals surface area contributed by atoms with Gasteiger partial charge < -0.3 is 15.0 Å². The molecule has 2 aromatic rings. The van der Waals surface area contributed by atoms with Gasteiger partial charge in [-0.2, -0.15) is 0 Å². The molecule has 3 rings (SSSR count). The Kier molecular flexibility index (Phi) is 6.50. The number of sulfonamides is 1. The molecule has 2 amide bonds. The number of amides is 2. The van der Waals surface area contributed by atoms with Crippen LogP contribution in [-0.2, 0) is 26.0 Å². The van der Waals surface area contributed by atoms with E-state index in [0.29, 0.717) is 31.9 Å². The summed E-state index contributed by atoms with van der Waals surface area (Å²) < 4.78 is 28.0. The van der Waals surface area contributed by atoms with Gasteiger partial charge in [0.15, 0.2) is 0 Å². The molecule has 0 saturated carbocycles. The highest BCUT2D eigenvalue weighted by molar-refractivity contribution is 7.89. The Morgan fingerprint density at radius 2 is 1.79 bits per heavy atom. The molecule has 0 aliphatic carbocycles. The highest BCUT2D eigenvalue weighted by Gasteiger charge is 2.23. The van der Waals surface area contributed by atoms with Crippen molar-refractivity contribution in [3.63, 3.8) is 0 Å². The lowest BCUT2D eigenvalue weighted by Crippen LogP contribution is -2.38. The van der Waals surface area contributed by atoms with Crippen LogP contribution in [0.1, 0.15) is 18.4 Å². The molecule has 1 heterocycles. The zero-order valence-corrected chi connectivity index (χ0v) is 16.7. The zero-order chi connectivity index (χ0) is 20.9. The summed E-state index contributed by atoms with van der Waals surface area (Å²) in [5, 5.41) is 7.84. The van der Waals surface area contributed by atoms with Crippen LogP contribution in [0, 0.1) is 0 Å². The fraction of sp³-hybridized carbons (Fsp3) is 0.300. The number of hydrogen-bond donors (Lipinski definition) is 2. The molecule has 0 unspecified atom stereocenters. The van der Waals surface area contributed by atoms with E-state index in [0.717, 1.165) is 11.3 Å². The third kappa shape index (κ3) is 5.55. The van der Waals surface area contributed by atoms with Gasteiger partial charge in [-0.1, -0.05) is 24.3 Å². The van der Waals surface area contributed by atoms with Crippen LogP contribution < -0.4 is 20.1 Å². The molecule has 0 atom stereocenters. The van der Waals surface area contributed by atoms with Crippen LogP contribution in [0.2, 0.25) is 0 Å². The maximum atomic E-state index is 12.5. The van der Waals surface area contributed by atoms with Gasteiger partial charge in [-0.15, -0.1) is 0 Å². The number of nitrogens with one attached hydrogen (secondary N) is 1. The van der Waals surface area contributed by atoms with Gasteiger partial charge in [0, 0.05) is 19.4 Å². The quantitative estimate of drug-likeness (QED) is 0.702. The number of para-hydroxylation sites is 2. The van der Waals surface area contributed by atoms with Crippen LogP contribution >= 0.6 is 0 Å². The molecule has 29 heavy (non-hydrogen) atoms. The molecule has 0 radical (unpaired) electrons. The Balaban J connectivity index is 1.43. The maximum absolute atomic E-state index is 12.5. The summed E-state index contributed by atoms with van der Waals surface area (Å²) in [5.41, 5.74) is 1.60. The number of nitrogens with zero attached hydrogens (tertiary/aromatic N) is 1. The van der Waals surface area contributed by atoms with Gasteiger partial charge in [0.05, 0.1) is 17.1 Å². The highest BCUT2D eigenvalue weighted by Crippen LogP contribution is 2.31. The monoisotopic (exact) mass is 417 g/mol. The number of carbonyl (C=O) groups excluding carboxylic acids is 2. The zero-order valence-electron chi connectivity index (χ0n) is 15.8. The minimum atomic E-state index is -3.71. The summed E-state index contributed by atoms with van der Waals surface area (Å²) in [6, 6.07) is 13.5. The lowest BCUT2D eigenvalue weighted by Gasteiger charge is -2.29. The molecule has 154 valence electrons. The molecule has 1 aliphatic rings. The maximum Gasteiger partial charge on any atom is 0.238 e. The van der Waals surface area contributed by atoms with Crippen molar-refractivity contribution >= 4 is 27.5 Å². The summed E-state index contributed by atoms with van der Waals surface area (Å²) in [6.07, 6.45) is 0.757. The van der Waals surface area contributed by atoms with E-state index in [4.69, 9.17) is 9.88 Å². The van der Waals surface area contributed by atoms with Gasteiger partial charge in [-0.25, -0.2) is 13.6 Å². The number of primary sulfonamides is 1. The Morgan fingerprint density at radius 3 is 2.52 bits per heavy atom. The van der Waals surface area contributed by atoms with Gasteiger partial charge in [-0.05, 0) is 36.2 Å². The van der Waals surface area contributed by atoms with Crippen molar-refractivity contribution in [3.05, 3.63) is 54.1 Å². The van der Waals surface area contributed by atoms with Crippen molar-refractivity contribution in [2.75, 3.05) is 24.6 Å². The predicted octanol–water partition coefficient (Wildman–Crippen LogP) is 1.20. The van der Waals surface area contributed by atoms with E-state index >= 15 is 0 Å². The first-order valence-electron chi connectivity index (χ1n) is 9.25. The fourth-order valence-corrected chi connectivity index (χ4v) is 3.58. The molecular weight excluding hydrogens is 394 g/mol. The SMILES string of the molecule is NS(=O)(=O)c1ccc(CCNC(=O)CCC(=O)N2CCOc3ccccc32)cc1. The molecule has 8 nitrogen and oxygen atoms in total. The van der Waals surface area contributed by atoms with E-state index in [1.165, 1.54) is 12.1 Å². The van der Waals surface area contributed by atoms with E-state index in [1.807, 2.05) is 24.3 Å². The number of nitrogens with two attached hydrogens (primary N) is 1. The molecule has 0 spiro atoms. The van der Waals surface area contributed by atoms with Crippen LogP contribution in [0.15, 0.2) is 53.4 Å². The van der Waals surface area contributed by atoms with Crippen LogP contribution in [0.4, 0.5) is 5.69 Å². The van der Waals surface area contributed by atoms with E-state index in [1.54, 1.807) is 17.0 Å². The van der Waals surface area contributed by atoms with Crippen molar-refractivity contribution in [3.8, 4) is 5.75 Å². The fourth-order valence-electron chi connectivity index (χ4n) is 3.06. The molecular formula is C20H23N3O5S. The number of carbonyl (C=O) groups is 2. The molecule has 0 saturated heterocycles. The average molecular weight is 417 g/mol. The molecule has 1 aliphatic heterocycles. The normalized spacial score (nSPS) is 13.3. The standard InChI is InChI=1S/C20H23N3O5S/c21-29(26,27)16-7-5-15(6-8-16)11-12-22-19(24)9-10-20(25)23-13-14-28-18-4-2-1-3-17(18)23/h1-8H,9-14H2,(H,22,24)(H2,21,26,27). The second-order valence-electron chi connectivity index (χ2n) is 6.65. The Bertz CT molecular complexity index is 989. The van der Waals surface area contributed by atoms with Crippen molar-refractivity contribution in [2.24, 2.45) is 5.14 Å². The van der Waals surface area contributed by atoms with Crippen LogP contribution in [0.5, 0.6) is 5.75 Å². The number of anilines is 1. The topological polar surface area (TPSA) is 119 Å². The van der Waals surface area contributed by atoms with Crippen LogP contribution in [0.25, 0.3) is 0 Å². The van der Waals surface area contributed by atoms with Gasteiger partial charge in [-0.3, -0.25) is 9.59 Å². The molecule has 9 heteroatoms. The molecule has 0 bridgehead atoms. The number of hydrogen-bond acceptors (Lipinski definition) is 5. The molecule has 2 aromatic carbocycles. The minimum Gasteiger partial charge on any atom is -0.490 e. The first kappa shape index (κ1) is 20.8. The average Bonchev–Trinajstić information content (AvgIpc) is 2.71. The summed E-state index contributed by atoms with van der Waals surface area (Å²) in [5.74, 6) is 0.348. The van der Waals surface area contributed by atoms with E-state index < -0.39 is 10.0 Å². The predicted molar refractivity (Wildman–Crippen MR) is 108 cm³/mol. The Morgan fingerprint density at radius 1 is 1.07 bits per heavy atom. The van der Waals surface area contributed by atoms with Gasteiger partial charge in [0.2, 0.25) is 21.8 Å². The highest BCUT2D eigenvalue weighted by atomic mass is 32.2. The van der Waals surface area contributed by atoms with Crippen molar-refractivity contribution in [1.29, 1.82) is 0 Å². The lowest BCUT2D eigenvalue weighted by atomic mass is 10.1. The second kappa shape index (κ2) is 9.06. The number of rotatable bonds is 7. The summed E-state index contributed by atoms with van der Waals surface area (Å²) >= 11 is 0. The summed E-state index contributed by atoms with van der Waals surface area (Å²) in [4.78, 5) is 26.3. The molecule has 3 N–H and O–H groups in total. The second-order valence-corrected chi connectivity index (χ2v) is 8.21. The van der Waals surface area contributed by atoms with E-state index in [9.17, 15) is 18.0 Å². The van der Waals surface area contributed by atoms with E-state index in [-0.39, 0.29) is 29.6 Å². The van der Waals surface area contributed by atoms with Crippen molar-refractivity contribution < 1.29 is 22.7 Å². The van der Waals surface area contributed by atoms with Gasteiger partial charge in [0.25, 0.3) is 0 Å². The van der Waals surface area contributed by atoms with Gasteiger partial charge in [0.1, 0.15) is 12.4 Å². The summed E-state index contributed by atoms with van der Waals surface area (Å²) in [6.45, 7) is 1.29. The summed E-state index contributed by atoms with van der Waals surface area (Å²) in [7, 11) is -3.71. The first-order valence-corrected chi connectivity index (χ1v) is 10.8. The smallest absolute Gasteiger partial charge is 0.238 e. The minimum absolute atomic E-state index is 0.0495. The third-order valence-corrected chi connectivity index (χ3v) is 5.51. The largest absolute Gasteiger partial charge is 0.490 e. The Labute approximate surface area is 169 Å². The first-order chi connectivity index (χ1) is 13.8. The molecule has 0 aromatic heterocycles. The number of ether oxygens (including phenoxy) is 1. The number of fused-ring (bicyclic) bond motifs is 1. The van der Waals surface area contributed by atoms with Crippen molar-refractivity contribution in [1.82, 2.24) is 5.32 Å². The van der Waals surface area contributed by atoms with Crippen LogP contribution in [0.3, 0.4) is 0 Å². The van der Waals surface area contributed by atoms with Gasteiger partial charge >= 0.3 is 0 Å². The lowest BCUT2D eigenvalue weighted by molar-refractivity contribution is -0.125.